The molecule has 1 rings (SSSR count). The van der Waals surface area contributed by atoms with Crippen LogP contribution in [0.15, 0.2) is 0 Å². The molecule has 0 spiro atoms. The van der Waals surface area contributed by atoms with Crippen molar-refractivity contribution in [2.24, 2.45) is 0 Å². The maximum Gasteiger partial charge on any atom is 2.00 e. The molecule has 0 unspecified atom stereocenters. The van der Waals surface area contributed by atoms with E-state index in [0.717, 1.165) is 0 Å². The van der Waals surface area contributed by atoms with Crippen LogP contribution in [0.2, 0.25) is 0 Å². The second kappa shape index (κ2) is 9.66. The van der Waals surface area contributed by atoms with E-state index in [1.54, 1.807) is 0 Å². The van der Waals surface area contributed by atoms with Gasteiger partial charge in [0.1, 0.15) is 0 Å². The summed E-state index contributed by atoms with van der Waals surface area (Å²) < 4.78 is 0. The van der Waals surface area contributed by atoms with Gasteiger partial charge in [0, 0.05) is 0 Å². The van der Waals surface area contributed by atoms with E-state index in [1.807, 2.05) is 0 Å². The molecule has 0 heterocycles. The Morgan fingerprint density at radius 2 is 0.600 bits per heavy atom. The Labute approximate surface area is 144 Å². The van der Waals surface area contributed by atoms with Crippen LogP contribution in [0.3, 0.4) is 0 Å². The Balaban J connectivity index is -0.0000000960. The Morgan fingerprint density at radius 3 is 0.667 bits per heavy atom. The summed E-state index contributed by atoms with van der Waals surface area (Å²) in [6.45, 7) is 0. The van der Waals surface area contributed by atoms with Crippen LogP contribution < -0.4 is 0 Å². The molecule has 9 heteroatoms. The number of halogens is 7. The third kappa shape index (κ3) is 5.10. The SMILES string of the molecule is Cl.ClC1C(Cl)C(Cl)C(Cl)C(Cl)C1Cl.O.[H-].[H-].[Mg+2]. The van der Waals surface area contributed by atoms with Crippen LogP contribution >= 0.6 is 82.0 Å². The van der Waals surface area contributed by atoms with Gasteiger partial charge in [-0.3, -0.25) is 0 Å². The minimum Gasteiger partial charge on any atom is -1.00 e. The van der Waals surface area contributed by atoms with Gasteiger partial charge in [0.25, 0.3) is 0 Å². The van der Waals surface area contributed by atoms with Crippen molar-refractivity contribution in [2.45, 2.75) is 32.3 Å². The molecule has 92 valence electrons. The predicted molar refractivity (Wildman–Crippen MR) is 76.7 cm³/mol. The molecular formula is C6H11Cl7MgO. The Hall–Kier alpha value is 2.76. The first-order valence-corrected chi connectivity index (χ1v) is 5.93. The van der Waals surface area contributed by atoms with E-state index >= 15 is 0 Å². The van der Waals surface area contributed by atoms with E-state index in [2.05, 4.69) is 0 Å². The van der Waals surface area contributed by atoms with Crippen molar-refractivity contribution >= 4 is 105 Å². The van der Waals surface area contributed by atoms with Gasteiger partial charge in [0.15, 0.2) is 0 Å². The molecule has 0 amide bonds. The maximum atomic E-state index is 5.88. The summed E-state index contributed by atoms with van der Waals surface area (Å²) in [4.78, 5) is 0. The summed E-state index contributed by atoms with van der Waals surface area (Å²) in [7, 11) is 0. The molecule has 0 saturated heterocycles. The molecule has 0 radical (unpaired) electrons. The molecule has 1 fully saturated rings. The molecular weight excluding hydrogens is 361 g/mol. The number of hydrogen-bond donors (Lipinski definition) is 0. The summed E-state index contributed by atoms with van der Waals surface area (Å²) in [6, 6.07) is 0. The van der Waals surface area contributed by atoms with Crippen LogP contribution in [0.1, 0.15) is 2.85 Å². The Kier molecular flexibility index (Phi) is 14.7. The first-order valence-electron chi connectivity index (χ1n) is 3.31. The monoisotopic (exact) mass is 368 g/mol. The van der Waals surface area contributed by atoms with Crippen LogP contribution in [-0.4, -0.2) is 60.8 Å². The molecule has 0 atom stereocenters. The van der Waals surface area contributed by atoms with E-state index in [9.17, 15) is 0 Å². The smallest absolute Gasteiger partial charge is 1.00 e. The molecule has 15 heavy (non-hydrogen) atoms. The largest absolute Gasteiger partial charge is 2.00 e. The van der Waals surface area contributed by atoms with E-state index in [-0.39, 0.29) is 43.8 Å². The molecule has 0 aromatic carbocycles. The van der Waals surface area contributed by atoms with E-state index in [1.165, 1.54) is 0 Å². The van der Waals surface area contributed by atoms with Gasteiger partial charge < -0.3 is 8.33 Å². The van der Waals surface area contributed by atoms with Crippen LogP contribution in [0, 0.1) is 0 Å². The third-order valence-corrected chi connectivity index (χ3v) is 5.86. The van der Waals surface area contributed by atoms with Crippen molar-refractivity contribution in [3.8, 4) is 0 Å². The first-order chi connectivity index (χ1) is 5.46. The van der Waals surface area contributed by atoms with Crippen molar-refractivity contribution in [3.63, 3.8) is 0 Å². The number of alkyl halides is 6. The fourth-order valence-corrected chi connectivity index (χ4v) is 3.38. The first kappa shape index (κ1) is 22.9. The minimum absolute atomic E-state index is 0. The summed E-state index contributed by atoms with van der Waals surface area (Å²) in [6.07, 6.45) is 0. The fraction of sp³-hybridized carbons (Fsp3) is 1.00. The Bertz CT molecular complexity index is 124. The van der Waals surface area contributed by atoms with Gasteiger partial charge in [-0.15, -0.1) is 82.0 Å². The van der Waals surface area contributed by atoms with Crippen molar-refractivity contribution in [1.29, 1.82) is 0 Å². The molecule has 1 nitrogen and oxygen atoms in total. The van der Waals surface area contributed by atoms with Gasteiger partial charge >= 0.3 is 23.1 Å². The van der Waals surface area contributed by atoms with Crippen LogP contribution in [0.25, 0.3) is 0 Å². The average Bonchev–Trinajstić information content (AvgIpc) is 2.08. The molecule has 1 aliphatic rings. The van der Waals surface area contributed by atoms with Crippen LogP contribution in [0.5, 0.6) is 0 Å². The molecule has 0 aromatic rings. The fourth-order valence-electron chi connectivity index (χ4n) is 1.05. The van der Waals surface area contributed by atoms with Crippen molar-refractivity contribution < 1.29 is 8.33 Å². The zero-order valence-electron chi connectivity index (χ0n) is 9.35. The molecule has 1 saturated carbocycles. The van der Waals surface area contributed by atoms with Gasteiger partial charge in [0.05, 0.1) is 32.3 Å². The molecule has 0 bridgehead atoms. The van der Waals surface area contributed by atoms with Gasteiger partial charge in [-0.05, 0) is 0 Å². The predicted octanol–water partition coefficient (Wildman–Crippen LogP) is 3.09. The summed E-state index contributed by atoms with van der Waals surface area (Å²) >= 11 is 35.3. The topological polar surface area (TPSA) is 31.5 Å². The quantitative estimate of drug-likeness (QED) is 0.463. The summed E-state index contributed by atoms with van der Waals surface area (Å²) in [5.74, 6) is 0. The molecule has 2 N–H and O–H groups in total. The summed E-state index contributed by atoms with van der Waals surface area (Å²) in [5, 5.41) is -2.62. The number of rotatable bonds is 0. The minimum atomic E-state index is -0.437. The van der Waals surface area contributed by atoms with E-state index < -0.39 is 32.3 Å². The van der Waals surface area contributed by atoms with Crippen LogP contribution in [0.4, 0.5) is 0 Å². The maximum absolute atomic E-state index is 5.88. The second-order valence-corrected chi connectivity index (χ2v) is 5.69. The van der Waals surface area contributed by atoms with Gasteiger partial charge in [-0.2, -0.15) is 0 Å². The van der Waals surface area contributed by atoms with E-state index in [4.69, 9.17) is 69.6 Å². The van der Waals surface area contributed by atoms with Crippen molar-refractivity contribution in [3.05, 3.63) is 0 Å². The van der Waals surface area contributed by atoms with Crippen LogP contribution in [-0.2, 0) is 0 Å². The third-order valence-electron chi connectivity index (χ3n) is 1.83. The van der Waals surface area contributed by atoms with Crippen molar-refractivity contribution in [1.82, 2.24) is 0 Å². The number of hydrogen-bond acceptors (Lipinski definition) is 0. The molecule has 0 aliphatic heterocycles. The van der Waals surface area contributed by atoms with Crippen molar-refractivity contribution in [2.75, 3.05) is 0 Å². The Morgan fingerprint density at radius 1 is 0.533 bits per heavy atom. The summed E-state index contributed by atoms with van der Waals surface area (Å²) in [5.41, 5.74) is 0. The zero-order valence-corrected chi connectivity index (χ0v) is 14.1. The van der Waals surface area contributed by atoms with Gasteiger partial charge in [-0.25, -0.2) is 0 Å². The van der Waals surface area contributed by atoms with E-state index in [0.29, 0.717) is 0 Å². The molecule has 0 aromatic heterocycles. The standard InChI is InChI=1S/C6H6Cl6.ClH.Mg.H2O.2H/c7-1-2(8)4(10)6(12)5(11)3(1)9;;;;;/h1-6H;1H;;1H2;;/q;;+2;;2*-1. The molecule has 1 aliphatic carbocycles. The second-order valence-electron chi connectivity index (χ2n) is 2.67. The average molecular weight is 372 g/mol. The normalized spacial score (nSPS) is 44.4. The zero-order chi connectivity index (χ0) is 9.46. The van der Waals surface area contributed by atoms with Gasteiger partial charge in [-0.1, -0.05) is 0 Å². The van der Waals surface area contributed by atoms with Gasteiger partial charge in [0.2, 0.25) is 0 Å².